The number of halogens is 1. The van der Waals surface area contributed by atoms with Crippen molar-refractivity contribution >= 4 is 5.91 Å². The summed E-state index contributed by atoms with van der Waals surface area (Å²) in [6.45, 7) is 3.02. The van der Waals surface area contributed by atoms with E-state index in [1.807, 2.05) is 32.1 Å². The molecule has 24 heavy (non-hydrogen) atoms. The second-order valence-electron chi connectivity index (χ2n) is 6.22. The third kappa shape index (κ3) is 3.14. The van der Waals surface area contributed by atoms with Gasteiger partial charge in [0.25, 0.3) is 0 Å². The van der Waals surface area contributed by atoms with Crippen molar-refractivity contribution in [1.82, 2.24) is 19.8 Å². The van der Waals surface area contributed by atoms with E-state index >= 15 is 0 Å². The van der Waals surface area contributed by atoms with Crippen LogP contribution < -0.4 is 0 Å². The van der Waals surface area contributed by atoms with Crippen LogP contribution >= 0.6 is 0 Å². The molecule has 0 unspecified atom stereocenters. The van der Waals surface area contributed by atoms with Crippen LogP contribution in [0.4, 0.5) is 4.39 Å². The van der Waals surface area contributed by atoms with Gasteiger partial charge in [-0.3, -0.25) is 9.69 Å². The summed E-state index contributed by atoms with van der Waals surface area (Å²) in [7, 11) is 3.70. The van der Waals surface area contributed by atoms with Crippen molar-refractivity contribution in [3.8, 4) is 0 Å². The molecule has 1 aromatic carbocycles. The molecule has 0 spiro atoms. The van der Waals surface area contributed by atoms with Gasteiger partial charge in [-0.05, 0) is 31.8 Å². The van der Waals surface area contributed by atoms with Crippen LogP contribution in [0.5, 0.6) is 0 Å². The number of carbonyl (C=O) groups is 1. The Bertz CT molecular complexity index is 745. The van der Waals surface area contributed by atoms with Crippen LogP contribution in [0.15, 0.2) is 30.5 Å². The maximum Gasteiger partial charge on any atom is 0.245 e. The Morgan fingerprint density at radius 3 is 2.62 bits per heavy atom. The zero-order chi connectivity index (χ0) is 17.3. The monoisotopic (exact) mass is 328 g/mol. The highest BCUT2D eigenvalue weighted by molar-refractivity contribution is 5.83. The van der Waals surface area contributed by atoms with Gasteiger partial charge in [0, 0.05) is 24.7 Å². The van der Waals surface area contributed by atoms with E-state index in [4.69, 9.17) is 0 Å². The molecule has 1 aliphatic rings. The van der Waals surface area contributed by atoms with Crippen LogP contribution in [-0.2, 0) is 24.3 Å². The summed E-state index contributed by atoms with van der Waals surface area (Å²) in [6.07, 6.45) is 2.59. The third-order valence-corrected chi connectivity index (χ3v) is 4.27. The first kappa shape index (κ1) is 16.5. The zero-order valence-corrected chi connectivity index (χ0v) is 14.2. The Morgan fingerprint density at radius 1 is 1.29 bits per heavy atom. The summed E-state index contributed by atoms with van der Waals surface area (Å²) in [6, 6.07) is 5.65. The fourth-order valence-electron chi connectivity index (χ4n) is 3.00. The summed E-state index contributed by atoms with van der Waals surface area (Å²) < 4.78 is 13.2. The van der Waals surface area contributed by atoms with Crippen LogP contribution in [0.25, 0.3) is 0 Å². The lowest BCUT2D eigenvalue weighted by Gasteiger charge is -2.28. The molecule has 0 radical (unpaired) electrons. The van der Waals surface area contributed by atoms with Crippen LogP contribution in [0.1, 0.15) is 35.6 Å². The molecule has 1 atom stereocenters. The van der Waals surface area contributed by atoms with E-state index in [-0.39, 0.29) is 11.7 Å². The first-order valence-electron chi connectivity index (χ1n) is 8.04. The average Bonchev–Trinajstić information content (AvgIpc) is 2.99. The molecule has 1 amide bonds. The van der Waals surface area contributed by atoms with Gasteiger partial charge < -0.3 is 4.90 Å². The Kier molecular flexibility index (Phi) is 4.57. The topological polar surface area (TPSA) is 49.3 Å². The first-order chi connectivity index (χ1) is 11.5. The molecule has 0 bridgehead atoms. The number of carbonyl (C=O) groups excluding carboxylic acids is 1. The third-order valence-electron chi connectivity index (χ3n) is 4.27. The van der Waals surface area contributed by atoms with Gasteiger partial charge in [-0.1, -0.05) is 19.1 Å². The van der Waals surface area contributed by atoms with Crippen molar-refractivity contribution in [2.24, 2.45) is 0 Å². The van der Waals surface area contributed by atoms with Gasteiger partial charge in [-0.25, -0.2) is 14.4 Å². The van der Waals surface area contributed by atoms with Gasteiger partial charge >= 0.3 is 0 Å². The molecular formula is C18H21FN4O. The largest absolute Gasteiger partial charge is 0.331 e. The van der Waals surface area contributed by atoms with Gasteiger partial charge in [-0.15, -0.1) is 0 Å². The molecule has 1 aliphatic heterocycles. The van der Waals surface area contributed by atoms with Crippen LogP contribution in [0.3, 0.4) is 0 Å². The van der Waals surface area contributed by atoms with Gasteiger partial charge in [0.15, 0.2) is 0 Å². The quantitative estimate of drug-likeness (QED) is 0.864. The van der Waals surface area contributed by atoms with Gasteiger partial charge in [-0.2, -0.15) is 0 Å². The van der Waals surface area contributed by atoms with E-state index < -0.39 is 6.04 Å². The van der Waals surface area contributed by atoms with Crippen molar-refractivity contribution in [1.29, 1.82) is 0 Å². The zero-order valence-electron chi connectivity index (χ0n) is 14.2. The summed E-state index contributed by atoms with van der Waals surface area (Å²) in [5.41, 5.74) is 2.70. The molecular weight excluding hydrogens is 307 g/mol. The summed E-state index contributed by atoms with van der Waals surface area (Å²) in [4.78, 5) is 25.5. The van der Waals surface area contributed by atoms with E-state index in [9.17, 15) is 9.18 Å². The number of aromatic nitrogens is 2. The predicted molar refractivity (Wildman–Crippen MR) is 88.5 cm³/mol. The van der Waals surface area contributed by atoms with Crippen molar-refractivity contribution in [3.63, 3.8) is 0 Å². The minimum Gasteiger partial charge on any atom is -0.331 e. The molecule has 0 saturated heterocycles. The fraction of sp³-hybridized carbons (Fsp3) is 0.389. The van der Waals surface area contributed by atoms with Crippen LogP contribution in [0, 0.1) is 5.82 Å². The number of nitrogens with zero attached hydrogens (tertiary/aromatic N) is 4. The average molecular weight is 328 g/mol. The highest BCUT2D eigenvalue weighted by atomic mass is 19.1. The van der Waals surface area contributed by atoms with Crippen molar-refractivity contribution < 1.29 is 9.18 Å². The van der Waals surface area contributed by atoms with Crippen molar-refractivity contribution in [3.05, 3.63) is 58.9 Å². The van der Waals surface area contributed by atoms with Crippen molar-refractivity contribution in [2.75, 3.05) is 14.1 Å². The molecule has 0 aliphatic carbocycles. The molecule has 2 heterocycles. The second kappa shape index (κ2) is 6.65. The molecule has 0 N–H and O–H groups in total. The van der Waals surface area contributed by atoms with E-state index in [0.29, 0.717) is 13.1 Å². The van der Waals surface area contributed by atoms with E-state index in [2.05, 4.69) is 9.97 Å². The highest BCUT2D eigenvalue weighted by Gasteiger charge is 2.32. The first-order valence-corrected chi connectivity index (χ1v) is 8.04. The minimum atomic E-state index is -0.446. The standard InChI is InChI=1S/C18H21FN4O/c1-4-16-20-9-13-10-23(11-15(13)21-16)18(24)17(22(2)3)12-5-7-14(19)8-6-12/h5-9,17H,4,10-11H2,1-3H3/t17-/m0/s1. The minimum absolute atomic E-state index is 0.0114. The molecule has 0 fully saturated rings. The van der Waals surface area contributed by atoms with Gasteiger partial charge in [0.05, 0.1) is 12.2 Å². The van der Waals surface area contributed by atoms with E-state index in [1.165, 1.54) is 12.1 Å². The highest BCUT2D eigenvalue weighted by Crippen LogP contribution is 2.27. The summed E-state index contributed by atoms with van der Waals surface area (Å²) in [5, 5.41) is 0. The lowest BCUT2D eigenvalue weighted by atomic mass is 10.0. The number of amides is 1. The van der Waals surface area contributed by atoms with Gasteiger partial charge in [0.1, 0.15) is 17.7 Å². The van der Waals surface area contributed by atoms with Crippen molar-refractivity contribution in [2.45, 2.75) is 32.5 Å². The number of rotatable bonds is 4. The predicted octanol–water partition coefficient (Wildman–Crippen LogP) is 2.32. The molecule has 5 nitrogen and oxygen atoms in total. The van der Waals surface area contributed by atoms with Crippen LogP contribution in [-0.4, -0.2) is 39.8 Å². The number of aryl methyl sites for hydroxylation is 1. The maximum atomic E-state index is 13.2. The lowest BCUT2D eigenvalue weighted by molar-refractivity contribution is -0.137. The summed E-state index contributed by atoms with van der Waals surface area (Å²) >= 11 is 0. The maximum absolute atomic E-state index is 13.2. The second-order valence-corrected chi connectivity index (χ2v) is 6.22. The Labute approximate surface area is 141 Å². The normalized spacial score (nSPS) is 14.8. The van der Waals surface area contributed by atoms with Crippen LogP contribution in [0.2, 0.25) is 0 Å². The molecule has 126 valence electrons. The molecule has 2 aromatic rings. The molecule has 6 heteroatoms. The van der Waals surface area contributed by atoms with E-state index in [0.717, 1.165) is 29.1 Å². The Balaban J connectivity index is 1.83. The van der Waals surface area contributed by atoms with Gasteiger partial charge in [0.2, 0.25) is 5.91 Å². The van der Waals surface area contributed by atoms with E-state index in [1.54, 1.807) is 17.0 Å². The molecule has 3 rings (SSSR count). The number of hydrogen-bond donors (Lipinski definition) is 0. The molecule has 0 saturated carbocycles. The number of hydrogen-bond acceptors (Lipinski definition) is 4. The number of benzene rings is 1. The smallest absolute Gasteiger partial charge is 0.245 e. The molecule has 1 aromatic heterocycles. The Morgan fingerprint density at radius 2 is 2.00 bits per heavy atom. The SMILES string of the molecule is CCc1ncc2c(n1)CN(C(=O)[C@H](c1ccc(F)cc1)N(C)C)C2. The number of fused-ring (bicyclic) bond motifs is 1. The summed E-state index contributed by atoms with van der Waals surface area (Å²) in [5.74, 6) is 0.480. The number of likely N-dealkylation sites (N-methyl/N-ethyl adjacent to an activating group) is 1. The lowest BCUT2D eigenvalue weighted by Crippen LogP contribution is -2.37. The Hall–Kier alpha value is -2.34. The fourth-order valence-corrected chi connectivity index (χ4v) is 3.00.